The van der Waals surface area contributed by atoms with Crippen LogP contribution in [0.2, 0.25) is 0 Å². The Labute approximate surface area is 270 Å². The molecule has 3 amide bonds. The van der Waals surface area contributed by atoms with Gasteiger partial charge in [0.1, 0.15) is 0 Å². The van der Waals surface area contributed by atoms with Gasteiger partial charge in [-0.05, 0) is 50.7 Å². The van der Waals surface area contributed by atoms with Gasteiger partial charge < -0.3 is 15.1 Å². The summed E-state index contributed by atoms with van der Waals surface area (Å²) in [5.74, 6) is 0. The van der Waals surface area contributed by atoms with Gasteiger partial charge in [0, 0.05) is 38.4 Å². The third-order valence-electron chi connectivity index (χ3n) is 9.09. The molecule has 1 aromatic carbocycles. The smallest absolute Gasteiger partial charge is 0.317 e. The zero-order valence-corrected chi connectivity index (χ0v) is 28.5. The van der Waals surface area contributed by atoms with Crippen LogP contribution in [-0.4, -0.2) is 68.3 Å². The van der Waals surface area contributed by atoms with E-state index in [4.69, 9.17) is 4.84 Å². The van der Waals surface area contributed by atoms with Gasteiger partial charge in [-0.25, -0.2) is 9.86 Å². The molecule has 1 unspecified atom stereocenters. The second-order valence-electron chi connectivity index (χ2n) is 12.9. The van der Waals surface area contributed by atoms with E-state index in [1.165, 1.54) is 101 Å². The third kappa shape index (κ3) is 17.9. The lowest BCUT2D eigenvalue weighted by molar-refractivity contribution is -0.173. The maximum atomic E-state index is 12.9. The number of hydrogen-bond donors (Lipinski definition) is 1. The van der Waals surface area contributed by atoms with Crippen molar-refractivity contribution < 1.29 is 14.4 Å². The van der Waals surface area contributed by atoms with Gasteiger partial charge in [0.05, 0.1) is 13.2 Å². The molecule has 1 saturated heterocycles. The SMILES string of the molecule is CCCCCCCCCCCCCCCCCCNC(=O)N1CCCCC1CCON(C=O)CCCN(C)c1ccccc1. The van der Waals surface area contributed by atoms with Crippen molar-refractivity contribution in [2.24, 2.45) is 0 Å². The van der Waals surface area contributed by atoms with Crippen LogP contribution in [-0.2, 0) is 9.63 Å². The molecule has 2 rings (SSSR count). The first-order valence-corrected chi connectivity index (χ1v) is 18.3. The lowest BCUT2D eigenvalue weighted by Crippen LogP contribution is -2.49. The molecule has 7 nitrogen and oxygen atoms in total. The molecule has 44 heavy (non-hydrogen) atoms. The van der Waals surface area contributed by atoms with E-state index in [1.54, 1.807) is 0 Å². The number of anilines is 1. The van der Waals surface area contributed by atoms with Gasteiger partial charge in [-0.3, -0.25) is 9.63 Å². The summed E-state index contributed by atoms with van der Waals surface area (Å²) in [6.07, 6.45) is 27.2. The van der Waals surface area contributed by atoms with E-state index in [0.29, 0.717) is 13.2 Å². The summed E-state index contributed by atoms with van der Waals surface area (Å²) in [5, 5.41) is 4.58. The van der Waals surface area contributed by atoms with E-state index >= 15 is 0 Å². The molecular weight excluding hydrogens is 548 g/mol. The lowest BCUT2D eigenvalue weighted by Gasteiger charge is -2.36. The fourth-order valence-electron chi connectivity index (χ4n) is 6.27. The van der Waals surface area contributed by atoms with Crippen molar-refractivity contribution in [2.45, 2.75) is 148 Å². The number of amides is 3. The van der Waals surface area contributed by atoms with Crippen LogP contribution >= 0.6 is 0 Å². The van der Waals surface area contributed by atoms with E-state index in [-0.39, 0.29) is 12.1 Å². The molecular formula is C37H66N4O3. The fourth-order valence-corrected chi connectivity index (χ4v) is 6.27. The van der Waals surface area contributed by atoms with Crippen molar-refractivity contribution in [2.75, 3.05) is 44.7 Å². The van der Waals surface area contributed by atoms with Crippen LogP contribution in [0.3, 0.4) is 0 Å². The number of unbranched alkanes of at least 4 members (excludes halogenated alkanes) is 15. The number of nitrogens with zero attached hydrogens (tertiary/aromatic N) is 3. The monoisotopic (exact) mass is 615 g/mol. The minimum absolute atomic E-state index is 0.0619. The molecule has 1 fully saturated rings. The van der Waals surface area contributed by atoms with Crippen LogP contribution in [0.4, 0.5) is 10.5 Å². The topological polar surface area (TPSA) is 65.1 Å². The van der Waals surface area contributed by atoms with Gasteiger partial charge in [-0.2, -0.15) is 0 Å². The lowest BCUT2D eigenvalue weighted by atomic mass is 10.00. The molecule has 7 heteroatoms. The van der Waals surface area contributed by atoms with E-state index in [1.807, 2.05) is 23.1 Å². The predicted octanol–water partition coefficient (Wildman–Crippen LogP) is 9.12. The highest BCUT2D eigenvalue weighted by molar-refractivity contribution is 5.74. The van der Waals surface area contributed by atoms with Crippen LogP contribution in [0.15, 0.2) is 30.3 Å². The molecule has 0 aromatic heterocycles. The number of urea groups is 1. The average molecular weight is 615 g/mol. The molecule has 1 heterocycles. The van der Waals surface area contributed by atoms with Crippen molar-refractivity contribution in [1.29, 1.82) is 0 Å². The van der Waals surface area contributed by atoms with Gasteiger partial charge in [-0.15, -0.1) is 0 Å². The number of benzene rings is 1. The average Bonchev–Trinajstić information content (AvgIpc) is 3.05. The van der Waals surface area contributed by atoms with Gasteiger partial charge in [0.25, 0.3) is 0 Å². The standard InChI is InChI=1S/C37H66N4O3/c1-3-4-5-6-7-8-9-10-11-12-13-14-15-16-17-22-29-38-37(43)41-32-23-21-27-36(41)28-33-44-40(34-42)31-24-30-39(2)35-25-19-18-20-26-35/h18-20,25-26,34,36H,3-17,21-24,27-33H2,1-2H3,(H,38,43). The van der Waals surface area contributed by atoms with Crippen molar-refractivity contribution in [3.8, 4) is 0 Å². The number of para-hydroxylation sites is 1. The number of hydrogen-bond acceptors (Lipinski definition) is 4. The van der Waals surface area contributed by atoms with Crippen molar-refractivity contribution in [3.05, 3.63) is 30.3 Å². The molecule has 1 N–H and O–H groups in total. The summed E-state index contributed by atoms with van der Waals surface area (Å²) in [4.78, 5) is 34.5. The van der Waals surface area contributed by atoms with Crippen LogP contribution in [0, 0.1) is 0 Å². The van der Waals surface area contributed by atoms with E-state index < -0.39 is 0 Å². The van der Waals surface area contributed by atoms with E-state index in [9.17, 15) is 9.59 Å². The first kappa shape index (κ1) is 37.9. The molecule has 1 aromatic rings. The highest BCUT2D eigenvalue weighted by Crippen LogP contribution is 2.20. The highest BCUT2D eigenvalue weighted by Gasteiger charge is 2.26. The number of piperidine rings is 1. The van der Waals surface area contributed by atoms with Crippen LogP contribution in [0.25, 0.3) is 0 Å². The number of nitrogens with one attached hydrogen (secondary N) is 1. The molecule has 0 radical (unpaired) electrons. The minimum atomic E-state index is 0.0619. The Bertz CT molecular complexity index is 824. The van der Waals surface area contributed by atoms with E-state index in [2.05, 4.69) is 36.3 Å². The molecule has 0 aliphatic carbocycles. The number of rotatable bonds is 27. The Balaban J connectivity index is 1.46. The molecule has 0 spiro atoms. The first-order chi connectivity index (χ1) is 21.7. The third-order valence-corrected chi connectivity index (χ3v) is 9.09. The first-order valence-electron chi connectivity index (χ1n) is 18.3. The molecule has 0 saturated carbocycles. The second kappa shape index (κ2) is 26.0. The van der Waals surface area contributed by atoms with Gasteiger partial charge >= 0.3 is 6.03 Å². The zero-order chi connectivity index (χ0) is 31.5. The number of carbonyl (C=O) groups excluding carboxylic acids is 2. The molecule has 1 aliphatic heterocycles. The summed E-state index contributed by atoms with van der Waals surface area (Å²) in [7, 11) is 2.06. The van der Waals surface area contributed by atoms with Crippen molar-refractivity contribution in [3.63, 3.8) is 0 Å². The summed E-state index contributed by atoms with van der Waals surface area (Å²) in [6, 6.07) is 10.5. The van der Waals surface area contributed by atoms with Crippen LogP contribution in [0.1, 0.15) is 142 Å². The molecule has 1 atom stereocenters. The van der Waals surface area contributed by atoms with Crippen LogP contribution in [0.5, 0.6) is 0 Å². The maximum Gasteiger partial charge on any atom is 0.317 e. The Morgan fingerprint density at radius 3 is 2.02 bits per heavy atom. The molecule has 252 valence electrons. The Morgan fingerprint density at radius 1 is 0.841 bits per heavy atom. The summed E-state index contributed by atoms with van der Waals surface area (Å²) < 4.78 is 0. The summed E-state index contributed by atoms with van der Waals surface area (Å²) >= 11 is 0. The van der Waals surface area contributed by atoms with Crippen molar-refractivity contribution >= 4 is 18.1 Å². The second-order valence-corrected chi connectivity index (χ2v) is 12.9. The van der Waals surface area contributed by atoms with Gasteiger partial charge in [0.2, 0.25) is 6.41 Å². The quantitative estimate of drug-likeness (QED) is 0.0610. The maximum absolute atomic E-state index is 12.9. The summed E-state index contributed by atoms with van der Waals surface area (Å²) in [5.41, 5.74) is 1.16. The Morgan fingerprint density at radius 2 is 1.43 bits per heavy atom. The highest BCUT2D eigenvalue weighted by atomic mass is 16.7. The zero-order valence-electron chi connectivity index (χ0n) is 28.5. The molecule has 0 bridgehead atoms. The van der Waals surface area contributed by atoms with E-state index in [0.717, 1.165) is 70.3 Å². The van der Waals surface area contributed by atoms with Crippen molar-refractivity contribution in [1.82, 2.24) is 15.3 Å². The van der Waals surface area contributed by atoms with Gasteiger partial charge in [0.15, 0.2) is 0 Å². The molecule has 1 aliphatic rings. The number of carbonyl (C=O) groups is 2. The minimum Gasteiger partial charge on any atom is -0.375 e. The summed E-state index contributed by atoms with van der Waals surface area (Å²) in [6.45, 7) is 5.68. The fraction of sp³-hybridized carbons (Fsp3) is 0.784. The van der Waals surface area contributed by atoms with Gasteiger partial charge in [-0.1, -0.05) is 121 Å². The number of likely N-dealkylation sites (tertiary alicyclic amines) is 1. The largest absolute Gasteiger partial charge is 0.375 e. The number of hydroxylamine groups is 2. The van der Waals surface area contributed by atoms with Crippen LogP contribution < -0.4 is 10.2 Å². The Hall–Kier alpha value is -2.28. The normalized spacial score (nSPS) is 14.9. The predicted molar refractivity (Wildman–Crippen MR) is 185 cm³/mol. The Kier molecular flexibility index (Phi) is 22.4.